The van der Waals surface area contributed by atoms with E-state index in [1.165, 1.54) is 11.1 Å². The Morgan fingerprint density at radius 1 is 1.15 bits per heavy atom. The summed E-state index contributed by atoms with van der Waals surface area (Å²) in [5, 5.41) is 0.722. The van der Waals surface area contributed by atoms with Crippen molar-refractivity contribution in [2.24, 2.45) is 11.3 Å². The van der Waals surface area contributed by atoms with Crippen LogP contribution in [0.3, 0.4) is 0 Å². The molecule has 0 fully saturated rings. The van der Waals surface area contributed by atoms with Crippen LogP contribution in [0.25, 0.3) is 0 Å². The Kier molecular flexibility index (Phi) is 5.95. The summed E-state index contributed by atoms with van der Waals surface area (Å²) in [5.74, 6) is 0.627. The van der Waals surface area contributed by atoms with Crippen molar-refractivity contribution >= 4 is 17.5 Å². The fraction of sp³-hybridized carbons (Fsp3) is 0.458. The first kappa shape index (κ1) is 19.9. The van der Waals surface area contributed by atoms with Crippen molar-refractivity contribution < 1.29 is 4.79 Å². The number of fused-ring (bicyclic) bond motifs is 1. The molecule has 0 aliphatic carbocycles. The molecular formula is C24H30ClNO. The molecule has 0 saturated heterocycles. The van der Waals surface area contributed by atoms with Gasteiger partial charge in [0, 0.05) is 18.0 Å². The van der Waals surface area contributed by atoms with E-state index in [1.807, 2.05) is 24.3 Å². The van der Waals surface area contributed by atoms with Crippen molar-refractivity contribution in [1.29, 1.82) is 0 Å². The van der Waals surface area contributed by atoms with Crippen LogP contribution in [0.15, 0.2) is 48.5 Å². The van der Waals surface area contributed by atoms with Gasteiger partial charge in [-0.1, -0.05) is 75.7 Å². The van der Waals surface area contributed by atoms with Crippen molar-refractivity contribution in [3.05, 3.63) is 70.2 Å². The molecule has 0 radical (unpaired) electrons. The molecule has 2 atom stereocenters. The van der Waals surface area contributed by atoms with Crippen LogP contribution in [0.5, 0.6) is 0 Å². The molecule has 2 nitrogen and oxygen atoms in total. The lowest BCUT2D eigenvalue weighted by Gasteiger charge is -2.38. The smallest absolute Gasteiger partial charge is 0.223 e. The van der Waals surface area contributed by atoms with E-state index in [9.17, 15) is 4.79 Å². The minimum atomic E-state index is -0.0263. The molecule has 27 heavy (non-hydrogen) atoms. The highest BCUT2D eigenvalue weighted by Crippen LogP contribution is 2.37. The molecule has 144 valence electrons. The molecule has 0 saturated carbocycles. The van der Waals surface area contributed by atoms with Gasteiger partial charge >= 0.3 is 0 Å². The molecule has 0 bridgehead atoms. The Labute approximate surface area is 168 Å². The molecular weight excluding hydrogens is 354 g/mol. The van der Waals surface area contributed by atoms with Crippen molar-refractivity contribution in [3.8, 4) is 0 Å². The number of hydrogen-bond acceptors (Lipinski definition) is 1. The molecule has 1 aliphatic heterocycles. The third-order valence-electron chi connectivity index (χ3n) is 5.27. The molecule has 1 amide bonds. The Balaban J connectivity index is 1.89. The summed E-state index contributed by atoms with van der Waals surface area (Å²) in [4.78, 5) is 15.3. The quantitative estimate of drug-likeness (QED) is 0.608. The second-order valence-corrected chi connectivity index (χ2v) is 9.50. The second-order valence-electron chi connectivity index (χ2n) is 9.06. The molecule has 3 heteroatoms. The van der Waals surface area contributed by atoms with Gasteiger partial charge in [0.2, 0.25) is 5.91 Å². The van der Waals surface area contributed by atoms with Crippen molar-refractivity contribution in [2.75, 3.05) is 6.54 Å². The predicted molar refractivity (Wildman–Crippen MR) is 113 cm³/mol. The van der Waals surface area contributed by atoms with Gasteiger partial charge in [-0.2, -0.15) is 0 Å². The van der Waals surface area contributed by atoms with Gasteiger partial charge in [0.15, 0.2) is 0 Å². The van der Waals surface area contributed by atoms with E-state index in [4.69, 9.17) is 11.6 Å². The topological polar surface area (TPSA) is 20.3 Å². The van der Waals surface area contributed by atoms with Gasteiger partial charge in [-0.3, -0.25) is 4.79 Å². The highest BCUT2D eigenvalue weighted by Gasteiger charge is 2.32. The van der Waals surface area contributed by atoms with Crippen molar-refractivity contribution in [1.82, 2.24) is 4.90 Å². The Morgan fingerprint density at radius 2 is 1.81 bits per heavy atom. The van der Waals surface area contributed by atoms with Gasteiger partial charge in [-0.05, 0) is 53.0 Å². The number of carbonyl (C=O) groups excluding carboxylic acids is 1. The number of nitrogens with zero attached hydrogens (tertiary/aromatic N) is 1. The Morgan fingerprint density at radius 3 is 2.48 bits per heavy atom. The summed E-state index contributed by atoms with van der Waals surface area (Å²) in [6.45, 7) is 9.68. The van der Waals surface area contributed by atoms with Crippen LogP contribution >= 0.6 is 11.6 Å². The molecule has 0 N–H and O–H groups in total. The monoisotopic (exact) mass is 383 g/mol. The van der Waals surface area contributed by atoms with Gasteiger partial charge < -0.3 is 4.90 Å². The van der Waals surface area contributed by atoms with E-state index in [0.29, 0.717) is 12.3 Å². The van der Waals surface area contributed by atoms with Gasteiger partial charge in [-0.15, -0.1) is 0 Å². The zero-order valence-electron chi connectivity index (χ0n) is 16.8. The third-order valence-corrected chi connectivity index (χ3v) is 5.53. The molecule has 3 rings (SSSR count). The first-order chi connectivity index (χ1) is 12.7. The van der Waals surface area contributed by atoms with Crippen LogP contribution in [-0.4, -0.2) is 17.4 Å². The summed E-state index contributed by atoms with van der Waals surface area (Å²) in [7, 11) is 0. The molecule has 2 aromatic carbocycles. The van der Waals surface area contributed by atoms with Crippen LogP contribution in [0.2, 0.25) is 5.02 Å². The first-order valence-corrected chi connectivity index (χ1v) is 10.2. The SMILES string of the molecule is C[C@@H](CC(=O)N1CCc2ccccc2[C@@H]1c1ccc(Cl)cc1)CC(C)(C)C. The van der Waals surface area contributed by atoms with Gasteiger partial charge in [-0.25, -0.2) is 0 Å². The number of amides is 1. The molecule has 0 aromatic heterocycles. The average molecular weight is 384 g/mol. The maximum atomic E-state index is 13.3. The Bertz CT molecular complexity index is 791. The highest BCUT2D eigenvalue weighted by atomic mass is 35.5. The zero-order valence-corrected chi connectivity index (χ0v) is 17.6. The average Bonchev–Trinajstić information content (AvgIpc) is 2.59. The van der Waals surface area contributed by atoms with E-state index in [1.54, 1.807) is 0 Å². The lowest BCUT2D eigenvalue weighted by atomic mass is 9.83. The van der Waals surface area contributed by atoms with E-state index in [-0.39, 0.29) is 17.4 Å². The van der Waals surface area contributed by atoms with Crippen LogP contribution in [-0.2, 0) is 11.2 Å². The summed E-state index contributed by atoms with van der Waals surface area (Å²) < 4.78 is 0. The lowest BCUT2D eigenvalue weighted by Crippen LogP contribution is -2.41. The first-order valence-electron chi connectivity index (χ1n) is 9.87. The van der Waals surface area contributed by atoms with E-state index in [2.05, 4.69) is 56.9 Å². The third kappa shape index (κ3) is 4.93. The summed E-state index contributed by atoms with van der Waals surface area (Å²) in [6.07, 6.45) is 2.57. The number of benzene rings is 2. The molecule has 2 aromatic rings. The molecule has 0 spiro atoms. The molecule has 0 unspecified atom stereocenters. The second kappa shape index (κ2) is 8.06. The Hall–Kier alpha value is -1.80. The predicted octanol–water partition coefficient (Wildman–Crippen LogP) is 6.28. The summed E-state index contributed by atoms with van der Waals surface area (Å²) in [5.41, 5.74) is 3.94. The largest absolute Gasteiger partial charge is 0.331 e. The van der Waals surface area contributed by atoms with Crippen LogP contribution in [0.4, 0.5) is 0 Å². The standard InChI is InChI=1S/C24H30ClNO/c1-17(16-24(2,3)4)15-22(27)26-14-13-18-7-5-6-8-21(18)23(26)19-9-11-20(25)12-10-19/h5-12,17,23H,13-16H2,1-4H3/t17-,23-/m0/s1. The lowest BCUT2D eigenvalue weighted by molar-refractivity contribution is -0.134. The van der Waals surface area contributed by atoms with Gasteiger partial charge in [0.05, 0.1) is 6.04 Å². The summed E-state index contributed by atoms with van der Waals surface area (Å²) >= 11 is 6.10. The normalized spacial score (nSPS) is 18.1. The minimum absolute atomic E-state index is 0.0263. The van der Waals surface area contributed by atoms with E-state index < -0.39 is 0 Å². The van der Waals surface area contributed by atoms with Gasteiger partial charge in [0.1, 0.15) is 0 Å². The maximum absolute atomic E-state index is 13.3. The molecule has 1 heterocycles. The molecule has 1 aliphatic rings. The maximum Gasteiger partial charge on any atom is 0.223 e. The van der Waals surface area contributed by atoms with Crippen LogP contribution in [0, 0.1) is 11.3 Å². The number of halogens is 1. The van der Waals surface area contributed by atoms with Crippen LogP contribution in [0.1, 0.15) is 63.3 Å². The minimum Gasteiger partial charge on any atom is -0.331 e. The summed E-state index contributed by atoms with van der Waals surface area (Å²) in [6, 6.07) is 16.4. The van der Waals surface area contributed by atoms with Crippen molar-refractivity contribution in [2.45, 2.75) is 53.0 Å². The number of rotatable bonds is 4. The number of carbonyl (C=O) groups is 1. The highest BCUT2D eigenvalue weighted by molar-refractivity contribution is 6.30. The number of hydrogen-bond donors (Lipinski definition) is 0. The zero-order chi connectivity index (χ0) is 19.6. The van der Waals surface area contributed by atoms with Gasteiger partial charge in [0.25, 0.3) is 0 Å². The van der Waals surface area contributed by atoms with Crippen LogP contribution < -0.4 is 0 Å². The van der Waals surface area contributed by atoms with E-state index in [0.717, 1.165) is 30.0 Å². The fourth-order valence-corrected chi connectivity index (χ4v) is 4.50. The van der Waals surface area contributed by atoms with Crippen molar-refractivity contribution in [3.63, 3.8) is 0 Å². The fourth-order valence-electron chi connectivity index (χ4n) is 4.37. The van der Waals surface area contributed by atoms with E-state index >= 15 is 0 Å².